The fourth-order valence-corrected chi connectivity index (χ4v) is 8.21. The molecule has 2 amide bonds. The van der Waals surface area contributed by atoms with Crippen LogP contribution in [0, 0.1) is 11.8 Å². The first kappa shape index (κ1) is 48.8. The molecule has 14 heterocycles. The van der Waals surface area contributed by atoms with Crippen molar-refractivity contribution in [1.82, 2.24) is 70.4 Å². The van der Waals surface area contributed by atoms with Crippen molar-refractivity contribution in [2.24, 2.45) is 11.8 Å². The lowest BCUT2D eigenvalue weighted by Gasteiger charge is -2.18. The molecule has 2 unspecified atom stereocenters. The van der Waals surface area contributed by atoms with Crippen LogP contribution in [0.15, 0.2) is 134 Å². The molecule has 0 aliphatic carbocycles. The quantitative estimate of drug-likeness (QED) is 0.162. The number of nitrogens with zero attached hydrogens (tertiary/aromatic N) is 12. The fourth-order valence-electron chi connectivity index (χ4n) is 8.21. The Kier molecular flexibility index (Phi) is 12.4. The first-order valence-corrected chi connectivity index (χ1v) is 24.7. The van der Waals surface area contributed by atoms with Crippen LogP contribution in [0.25, 0.3) is 98.8 Å². The van der Waals surface area contributed by atoms with E-state index in [1.165, 1.54) is 68.9 Å². The van der Waals surface area contributed by atoms with Crippen LogP contribution >= 0.6 is 0 Å². The summed E-state index contributed by atoms with van der Waals surface area (Å²) < 4.78 is 67.0. The molecular formula is C52H40N14O14. The summed E-state index contributed by atoms with van der Waals surface area (Å²) in [6, 6.07) is -1.15. The van der Waals surface area contributed by atoms with Gasteiger partial charge in [0.1, 0.15) is 92.9 Å². The van der Waals surface area contributed by atoms with Gasteiger partial charge < -0.3 is 63.6 Å². The minimum absolute atomic E-state index is 0.0459. The number of aryl methyl sites for hydroxylation is 2. The predicted octanol–water partition coefficient (Wildman–Crippen LogP) is 9.88. The smallest absolute Gasteiger partial charge is 0.273 e. The number of nitrogens with one attached hydrogen (secondary N) is 2. The van der Waals surface area contributed by atoms with Crippen LogP contribution in [-0.4, -0.2) is 71.6 Å². The Hall–Kier alpha value is -10.8. The van der Waals surface area contributed by atoms with E-state index in [0.29, 0.717) is 88.9 Å². The van der Waals surface area contributed by atoms with Crippen molar-refractivity contribution < 1.29 is 62.6 Å². The second-order valence-electron chi connectivity index (χ2n) is 18.7. The molecule has 28 nitrogen and oxygen atoms in total. The molecule has 2 N–H and O–H groups in total. The van der Waals surface area contributed by atoms with Gasteiger partial charge in [-0.15, -0.1) is 0 Å². The van der Waals surface area contributed by atoms with Crippen LogP contribution in [0.5, 0.6) is 0 Å². The molecule has 0 radical (unpaired) electrons. The Bertz CT molecular complexity index is 4180. The molecule has 2 atom stereocenters. The van der Waals surface area contributed by atoms with E-state index in [-0.39, 0.29) is 81.9 Å². The van der Waals surface area contributed by atoms with E-state index in [9.17, 15) is 9.59 Å². The number of hydrogen-bond donors (Lipinski definition) is 2. The lowest BCUT2D eigenvalue weighted by molar-refractivity contribution is 0.0904. The third-order valence-corrected chi connectivity index (χ3v) is 12.3. The first-order valence-electron chi connectivity index (χ1n) is 24.7. The van der Waals surface area contributed by atoms with Gasteiger partial charge in [-0.2, -0.15) is 0 Å². The van der Waals surface area contributed by atoms with E-state index >= 15 is 0 Å². The van der Waals surface area contributed by atoms with E-state index in [2.05, 4.69) is 70.4 Å². The maximum atomic E-state index is 13.1. The lowest BCUT2D eigenvalue weighted by atomic mass is 10.0. The predicted molar refractivity (Wildman–Crippen MR) is 265 cm³/mol. The Morgan fingerprint density at radius 3 is 1.24 bits per heavy atom. The highest BCUT2D eigenvalue weighted by atomic mass is 16.4. The van der Waals surface area contributed by atoms with Crippen molar-refractivity contribution in [1.29, 1.82) is 0 Å². The van der Waals surface area contributed by atoms with Crippen molar-refractivity contribution in [3.8, 4) is 92.7 Å². The summed E-state index contributed by atoms with van der Waals surface area (Å²) in [5.74, 6) is 2.07. The molecule has 28 heteroatoms. The van der Waals surface area contributed by atoms with Gasteiger partial charge in [0.2, 0.25) is 58.9 Å². The second kappa shape index (κ2) is 20.3. The molecule has 14 rings (SSSR count). The zero-order valence-corrected chi connectivity index (χ0v) is 42.3. The van der Waals surface area contributed by atoms with Crippen LogP contribution in [0.4, 0.5) is 0 Å². The van der Waals surface area contributed by atoms with E-state index in [1.54, 1.807) is 12.3 Å². The molecule has 24 bridgehead atoms. The molecular weight excluding hydrogens is 1040 g/mol. The van der Waals surface area contributed by atoms with Gasteiger partial charge in [-0.1, -0.05) is 33.8 Å². The summed E-state index contributed by atoms with van der Waals surface area (Å²) in [5, 5.41) is 5.79. The molecule has 12 aromatic rings. The second-order valence-corrected chi connectivity index (χ2v) is 18.7. The first-order chi connectivity index (χ1) is 39.0. The minimum atomic E-state index is -0.581. The number of carbonyl (C=O) groups is 2. The standard InChI is InChI=1S/C26H21N7O7.C26H19N7O7/c2*1-12(2)20-26-32-18(11-40-26)25-30-16(9-39-25)22-27-13(6-36-22)4-3-5-19-28-15(8-35-19)23-31-17(10-38-23)24-29-14(7-37-24)21(34)33-20/h6-12,20H,3-5H2,1-2H3,(H,33,34);3-4,6-12,20H,5H2,1-2H3,(H,33,34)/b;4-3+. The Morgan fingerprint density at radius 1 is 0.375 bits per heavy atom. The monoisotopic (exact) mass is 1080 g/mol. The van der Waals surface area contributed by atoms with Crippen LogP contribution < -0.4 is 10.6 Å². The summed E-state index contributed by atoms with van der Waals surface area (Å²) in [6.45, 7) is 7.69. The summed E-state index contributed by atoms with van der Waals surface area (Å²) in [4.78, 5) is 79.1. The van der Waals surface area contributed by atoms with Crippen LogP contribution in [0.1, 0.15) is 102 Å². The highest BCUT2D eigenvalue weighted by Crippen LogP contribution is 2.32. The number of hydrogen-bond acceptors (Lipinski definition) is 26. The van der Waals surface area contributed by atoms with Crippen LogP contribution in [0.3, 0.4) is 0 Å². The zero-order chi connectivity index (χ0) is 54.4. The zero-order valence-electron chi connectivity index (χ0n) is 42.3. The number of amides is 2. The van der Waals surface area contributed by atoms with Gasteiger partial charge in [-0.3, -0.25) is 9.59 Å². The Labute approximate surface area is 447 Å². The van der Waals surface area contributed by atoms with E-state index in [0.717, 1.165) is 5.69 Å². The van der Waals surface area contributed by atoms with Crippen molar-refractivity contribution >= 4 is 17.9 Å². The van der Waals surface area contributed by atoms with Gasteiger partial charge >= 0.3 is 0 Å². The van der Waals surface area contributed by atoms with Gasteiger partial charge in [-0.25, -0.2) is 59.8 Å². The van der Waals surface area contributed by atoms with Crippen molar-refractivity contribution in [2.45, 2.75) is 65.5 Å². The van der Waals surface area contributed by atoms with E-state index in [4.69, 9.17) is 53.0 Å². The normalized spacial score (nSPS) is 15.9. The summed E-state index contributed by atoms with van der Waals surface area (Å²) in [7, 11) is 0. The molecule has 0 spiro atoms. The third kappa shape index (κ3) is 9.82. The Balaban J connectivity index is 0.000000151. The number of carbonyl (C=O) groups excluding carboxylic acids is 2. The van der Waals surface area contributed by atoms with Crippen molar-refractivity contribution in [3.05, 3.63) is 128 Å². The number of fused-ring (bicyclic) bond motifs is 32. The number of aromatic nitrogens is 12. The summed E-state index contributed by atoms with van der Waals surface area (Å²) in [5.41, 5.74) is 4.34. The largest absolute Gasteiger partial charge is 0.448 e. The summed E-state index contributed by atoms with van der Waals surface area (Å²) >= 11 is 0. The molecule has 80 heavy (non-hydrogen) atoms. The molecule has 402 valence electrons. The fraction of sp³-hybridized carbons (Fsp3) is 0.231. The van der Waals surface area contributed by atoms with Gasteiger partial charge in [0.15, 0.2) is 68.7 Å². The molecule has 0 saturated heterocycles. The van der Waals surface area contributed by atoms with Crippen LogP contribution in [-0.2, 0) is 19.3 Å². The van der Waals surface area contributed by atoms with Gasteiger partial charge in [0, 0.05) is 12.8 Å². The van der Waals surface area contributed by atoms with E-state index in [1.807, 2.05) is 33.8 Å². The average molecular weight is 1080 g/mol. The molecule has 12 aromatic heterocycles. The molecule has 0 saturated carbocycles. The number of rotatable bonds is 2. The van der Waals surface area contributed by atoms with Gasteiger partial charge in [-0.05, 0) is 30.8 Å². The SMILES string of the molecule is CC(C)C1NC(=O)c2coc(n2)-c2coc(n2)-c2coc(n2)C/C=C/c2coc(n2)-c2coc(n2)-c2coc1n2.CC(C)C1NC(=O)c2coc(n2)-c2coc(n2)-c2coc(n2)CCCc2coc(n2)-c2coc(n2)-c2coc1n2. The maximum absolute atomic E-state index is 13.1. The highest BCUT2D eigenvalue weighted by molar-refractivity contribution is 5.93. The molecule has 0 fully saturated rings. The number of oxazole rings is 12. The molecule has 0 aromatic carbocycles. The topological polar surface area (TPSA) is 371 Å². The van der Waals surface area contributed by atoms with Crippen molar-refractivity contribution in [2.75, 3.05) is 0 Å². The summed E-state index contributed by atoms with van der Waals surface area (Å²) in [6.07, 6.45) is 22.8. The van der Waals surface area contributed by atoms with Gasteiger partial charge in [0.05, 0.1) is 5.69 Å². The lowest BCUT2D eigenvalue weighted by Crippen LogP contribution is -2.32. The average Bonchev–Trinajstić information content (AvgIpc) is 4.28. The van der Waals surface area contributed by atoms with Gasteiger partial charge in [0.25, 0.3) is 11.8 Å². The molecule has 2 aliphatic rings. The molecule has 2 aliphatic heterocycles. The van der Waals surface area contributed by atoms with Crippen molar-refractivity contribution in [3.63, 3.8) is 0 Å². The highest BCUT2D eigenvalue weighted by Gasteiger charge is 2.30. The number of allylic oxidation sites excluding steroid dienone is 1. The van der Waals surface area contributed by atoms with E-state index < -0.39 is 23.9 Å². The minimum Gasteiger partial charge on any atom is -0.448 e. The third-order valence-electron chi connectivity index (χ3n) is 12.3. The Morgan fingerprint density at radius 2 is 0.738 bits per heavy atom. The van der Waals surface area contributed by atoms with Crippen LogP contribution in [0.2, 0.25) is 0 Å². The maximum Gasteiger partial charge on any atom is 0.273 e.